The van der Waals surface area contributed by atoms with E-state index in [0.717, 1.165) is 24.9 Å². The molecule has 0 bridgehead atoms. The molecular weight excluding hydrogens is 198 g/mol. The topological polar surface area (TPSA) is 31.2 Å². The molecule has 2 nitrogen and oxygen atoms in total. The fourth-order valence-electron chi connectivity index (χ4n) is 2.22. The number of hydrogen-bond acceptors (Lipinski definition) is 1. The number of para-hydroxylation sites is 1. The van der Waals surface area contributed by atoms with Gasteiger partial charge < -0.3 is 0 Å². The van der Waals surface area contributed by atoms with Gasteiger partial charge in [0.15, 0.2) is 0 Å². The van der Waals surface area contributed by atoms with Gasteiger partial charge in [0, 0.05) is 5.92 Å². The summed E-state index contributed by atoms with van der Waals surface area (Å²) in [4.78, 5) is 11.8. The Hall–Kier alpha value is -1.31. The summed E-state index contributed by atoms with van der Waals surface area (Å²) in [5.41, 5.74) is 2.10. The van der Waals surface area contributed by atoms with Crippen LogP contribution in [0.3, 0.4) is 0 Å². The molecule has 2 heteroatoms. The third kappa shape index (κ3) is 2.43. The molecule has 1 aliphatic heterocycles. The van der Waals surface area contributed by atoms with E-state index in [2.05, 4.69) is 18.3 Å². The second-order valence-electron chi connectivity index (χ2n) is 4.48. The van der Waals surface area contributed by atoms with Gasteiger partial charge in [-0.2, -0.15) is 0 Å². The Kier molecular flexibility index (Phi) is 3.60. The predicted molar refractivity (Wildman–Crippen MR) is 64.6 cm³/mol. The van der Waals surface area contributed by atoms with Crippen LogP contribution in [-0.4, -0.2) is 5.91 Å². The highest BCUT2D eigenvalue weighted by Crippen LogP contribution is 2.28. The maximum Gasteiger partial charge on any atom is 0.249 e. The van der Waals surface area contributed by atoms with Crippen LogP contribution in [0.15, 0.2) is 24.3 Å². The molecule has 0 N–H and O–H groups in total. The fourth-order valence-corrected chi connectivity index (χ4v) is 2.22. The Morgan fingerprint density at radius 1 is 1.31 bits per heavy atom. The Morgan fingerprint density at radius 3 is 2.94 bits per heavy atom. The summed E-state index contributed by atoms with van der Waals surface area (Å²) in [5, 5.41) is 4.17. The van der Waals surface area contributed by atoms with Gasteiger partial charge in [0.25, 0.3) is 0 Å². The lowest BCUT2D eigenvalue weighted by Crippen LogP contribution is -2.29. The number of carbonyl (C=O) groups excluding carboxylic acids is 1. The van der Waals surface area contributed by atoms with Crippen molar-refractivity contribution in [2.45, 2.75) is 39.0 Å². The summed E-state index contributed by atoms with van der Waals surface area (Å²) in [6.07, 6.45) is 5.43. The average molecular weight is 216 g/mol. The van der Waals surface area contributed by atoms with Crippen LogP contribution in [0.25, 0.3) is 0 Å². The van der Waals surface area contributed by atoms with Crippen molar-refractivity contribution in [1.29, 1.82) is 0 Å². The van der Waals surface area contributed by atoms with Crippen LogP contribution < -0.4 is 5.32 Å². The first kappa shape index (κ1) is 11.2. The minimum absolute atomic E-state index is 0.0785. The van der Waals surface area contributed by atoms with Crippen LogP contribution in [0.1, 0.15) is 38.2 Å². The van der Waals surface area contributed by atoms with Crippen molar-refractivity contribution in [3.8, 4) is 0 Å². The monoisotopic (exact) mass is 216 g/mol. The number of unbranched alkanes of at least 4 members (excludes halogenated alkanes) is 2. The number of nitrogens with zero attached hydrogens (tertiary/aromatic N) is 1. The highest BCUT2D eigenvalue weighted by atomic mass is 16.1. The van der Waals surface area contributed by atoms with Gasteiger partial charge in [-0.3, -0.25) is 4.79 Å². The molecule has 1 amide bonds. The summed E-state index contributed by atoms with van der Waals surface area (Å²) in [6.45, 7) is 2.18. The van der Waals surface area contributed by atoms with E-state index in [0.29, 0.717) is 0 Å². The van der Waals surface area contributed by atoms with Gasteiger partial charge in [-0.25, -0.2) is 5.32 Å². The van der Waals surface area contributed by atoms with E-state index in [9.17, 15) is 4.79 Å². The molecule has 1 unspecified atom stereocenters. The molecule has 1 aromatic rings. The maximum absolute atomic E-state index is 11.8. The quantitative estimate of drug-likeness (QED) is 0.711. The molecule has 0 spiro atoms. The summed E-state index contributed by atoms with van der Waals surface area (Å²) in [7, 11) is 0. The van der Waals surface area contributed by atoms with Crippen molar-refractivity contribution in [3.05, 3.63) is 29.8 Å². The first-order valence-corrected chi connectivity index (χ1v) is 6.14. The van der Waals surface area contributed by atoms with E-state index in [1.807, 2.05) is 18.2 Å². The van der Waals surface area contributed by atoms with Crippen LogP contribution in [-0.2, 0) is 11.2 Å². The lowest BCUT2D eigenvalue weighted by Gasteiger charge is -2.22. The van der Waals surface area contributed by atoms with E-state index in [4.69, 9.17) is 0 Å². The van der Waals surface area contributed by atoms with Crippen molar-refractivity contribution >= 4 is 11.6 Å². The maximum atomic E-state index is 11.8. The zero-order valence-corrected chi connectivity index (χ0v) is 9.78. The number of carbonyl (C=O) groups is 1. The lowest BCUT2D eigenvalue weighted by molar-refractivity contribution is -0.124. The molecule has 0 saturated heterocycles. The van der Waals surface area contributed by atoms with E-state index in [1.54, 1.807) is 0 Å². The molecule has 1 heterocycles. The van der Waals surface area contributed by atoms with Crippen LogP contribution in [0.2, 0.25) is 0 Å². The first-order chi connectivity index (χ1) is 7.81. The third-order valence-electron chi connectivity index (χ3n) is 3.19. The third-order valence-corrected chi connectivity index (χ3v) is 3.19. The van der Waals surface area contributed by atoms with E-state index < -0.39 is 0 Å². The second kappa shape index (κ2) is 5.15. The molecule has 1 aliphatic rings. The molecular formula is C14H18NO. The molecule has 85 valence electrons. The molecule has 16 heavy (non-hydrogen) atoms. The summed E-state index contributed by atoms with van der Waals surface area (Å²) >= 11 is 0. The first-order valence-electron chi connectivity index (χ1n) is 6.14. The van der Waals surface area contributed by atoms with Crippen LogP contribution >= 0.6 is 0 Å². The highest BCUT2D eigenvalue weighted by molar-refractivity contribution is 5.86. The molecule has 0 aromatic heterocycles. The lowest BCUT2D eigenvalue weighted by atomic mass is 9.89. The van der Waals surface area contributed by atoms with Crippen molar-refractivity contribution in [3.63, 3.8) is 0 Å². The SMILES string of the molecule is CCCCCC1Cc2ccccc2[N]C1=O. The Balaban J connectivity index is 2.01. The van der Waals surface area contributed by atoms with Gasteiger partial charge in [0.05, 0.1) is 5.69 Å². The molecule has 2 rings (SSSR count). The van der Waals surface area contributed by atoms with Crippen molar-refractivity contribution < 1.29 is 4.79 Å². The normalized spacial score (nSPS) is 19.1. The smallest absolute Gasteiger partial charge is 0.249 e. The number of hydrogen-bond donors (Lipinski definition) is 0. The van der Waals surface area contributed by atoms with Gasteiger partial charge in [-0.15, -0.1) is 0 Å². The van der Waals surface area contributed by atoms with E-state index >= 15 is 0 Å². The van der Waals surface area contributed by atoms with Crippen molar-refractivity contribution in [2.75, 3.05) is 0 Å². The molecule has 1 radical (unpaired) electrons. The Labute approximate surface area is 97.1 Å². The predicted octanol–water partition coefficient (Wildman–Crippen LogP) is 3.20. The van der Waals surface area contributed by atoms with Crippen molar-refractivity contribution in [2.24, 2.45) is 5.92 Å². The molecule has 0 fully saturated rings. The van der Waals surface area contributed by atoms with Gasteiger partial charge in [-0.05, 0) is 24.5 Å². The van der Waals surface area contributed by atoms with E-state index in [1.165, 1.54) is 18.4 Å². The molecule has 1 atom stereocenters. The van der Waals surface area contributed by atoms with Gasteiger partial charge in [0.1, 0.15) is 0 Å². The summed E-state index contributed by atoms with van der Waals surface area (Å²) in [6, 6.07) is 7.97. The van der Waals surface area contributed by atoms with Crippen LogP contribution in [0.5, 0.6) is 0 Å². The van der Waals surface area contributed by atoms with Gasteiger partial charge >= 0.3 is 0 Å². The van der Waals surface area contributed by atoms with Gasteiger partial charge in [-0.1, -0.05) is 44.4 Å². The standard InChI is InChI=1S/C14H18NO/c1-2-3-4-8-12-10-11-7-5-6-9-13(11)15-14(12)16/h5-7,9,12H,2-4,8,10H2,1H3. The second-order valence-corrected chi connectivity index (χ2v) is 4.48. The number of rotatable bonds is 4. The van der Waals surface area contributed by atoms with Gasteiger partial charge in [0.2, 0.25) is 5.91 Å². The minimum Gasteiger partial charge on any atom is -0.272 e. The Morgan fingerprint density at radius 2 is 2.12 bits per heavy atom. The zero-order valence-electron chi connectivity index (χ0n) is 9.78. The number of fused-ring (bicyclic) bond motifs is 1. The van der Waals surface area contributed by atoms with E-state index in [-0.39, 0.29) is 11.8 Å². The summed E-state index contributed by atoms with van der Waals surface area (Å²) in [5.74, 6) is 0.205. The van der Waals surface area contributed by atoms with Crippen LogP contribution in [0, 0.1) is 5.92 Å². The molecule has 0 saturated carbocycles. The average Bonchev–Trinajstić information content (AvgIpc) is 2.30. The highest BCUT2D eigenvalue weighted by Gasteiger charge is 2.26. The largest absolute Gasteiger partial charge is 0.272 e. The molecule has 0 aliphatic carbocycles. The minimum atomic E-state index is 0.0785. The summed E-state index contributed by atoms with van der Waals surface area (Å²) < 4.78 is 0. The fraction of sp³-hybridized carbons (Fsp3) is 0.500. The van der Waals surface area contributed by atoms with Crippen molar-refractivity contribution in [1.82, 2.24) is 5.32 Å². The number of benzene rings is 1. The number of amides is 1. The van der Waals surface area contributed by atoms with Crippen LogP contribution in [0.4, 0.5) is 5.69 Å². The Bertz CT molecular complexity index is 373. The zero-order chi connectivity index (χ0) is 11.4. The molecule has 1 aromatic carbocycles.